The summed E-state index contributed by atoms with van der Waals surface area (Å²) in [6.07, 6.45) is 4.34. The van der Waals surface area contributed by atoms with E-state index in [9.17, 15) is 14.4 Å². The average molecular weight is 447 g/mol. The normalized spacial score (nSPS) is 13.0. The number of rotatable bonds is 11. The van der Waals surface area contributed by atoms with Gasteiger partial charge in [-0.1, -0.05) is 26.7 Å². The van der Waals surface area contributed by atoms with Gasteiger partial charge >= 0.3 is 0 Å². The van der Waals surface area contributed by atoms with Crippen molar-refractivity contribution in [2.45, 2.75) is 65.6 Å². The van der Waals surface area contributed by atoms with E-state index in [4.69, 9.17) is 9.47 Å². The highest BCUT2D eigenvalue weighted by atomic mass is 16.5. The van der Waals surface area contributed by atoms with E-state index in [2.05, 4.69) is 29.5 Å². The first-order valence-electron chi connectivity index (χ1n) is 10.9. The maximum atomic E-state index is 12.8. The third-order valence-electron chi connectivity index (χ3n) is 5.22. The van der Waals surface area contributed by atoms with E-state index >= 15 is 0 Å². The van der Waals surface area contributed by atoms with Crippen molar-refractivity contribution in [3.63, 3.8) is 0 Å². The van der Waals surface area contributed by atoms with Gasteiger partial charge in [0.15, 0.2) is 11.5 Å². The third kappa shape index (κ3) is 6.70. The molecule has 9 nitrogen and oxygen atoms in total. The molecule has 32 heavy (non-hydrogen) atoms. The number of carbonyl (C=O) groups is 2. The number of aromatic nitrogens is 2. The van der Waals surface area contributed by atoms with Crippen molar-refractivity contribution in [2.75, 3.05) is 14.2 Å². The third-order valence-corrected chi connectivity index (χ3v) is 5.22. The Bertz CT molecular complexity index is 1000. The molecule has 0 aliphatic heterocycles. The zero-order valence-corrected chi connectivity index (χ0v) is 19.7. The molecule has 0 spiro atoms. The molecule has 0 aliphatic rings. The van der Waals surface area contributed by atoms with Crippen molar-refractivity contribution in [1.29, 1.82) is 0 Å². The number of carbonyl (C=O) groups excluding carboxylic acids is 2. The van der Waals surface area contributed by atoms with E-state index in [0.717, 1.165) is 19.3 Å². The Kier molecular flexibility index (Phi) is 9.04. The van der Waals surface area contributed by atoms with Gasteiger partial charge < -0.3 is 20.1 Å². The topological polar surface area (TPSA) is 112 Å². The first-order chi connectivity index (χ1) is 15.2. The minimum absolute atomic E-state index is 0.0277. The Hall–Kier alpha value is -3.10. The molecule has 2 amide bonds. The molecule has 2 aromatic rings. The SMILES string of the molecule is COc1cc2ncn(CC(=O)N[C@@H](C)C(=O)NC(C)CCCC(C)C)c(=O)c2cc1OC. The Morgan fingerprint density at radius 2 is 1.69 bits per heavy atom. The standard InChI is InChI=1S/C23H34N4O5/c1-14(2)8-7-9-15(3)25-22(29)16(4)26-21(28)12-27-13-24-18-11-20(32-6)19(31-5)10-17(18)23(27)30/h10-11,13-16H,7-9,12H2,1-6H3,(H,25,29)(H,26,28)/t15?,16-/m0/s1. The van der Waals surface area contributed by atoms with Gasteiger partial charge in [-0.05, 0) is 32.3 Å². The maximum absolute atomic E-state index is 12.8. The molecule has 1 aromatic carbocycles. The van der Waals surface area contributed by atoms with Crippen molar-refractivity contribution in [3.8, 4) is 11.5 Å². The minimum atomic E-state index is -0.719. The largest absolute Gasteiger partial charge is 0.493 e. The highest BCUT2D eigenvalue weighted by Crippen LogP contribution is 2.29. The van der Waals surface area contributed by atoms with Gasteiger partial charge in [-0.15, -0.1) is 0 Å². The van der Waals surface area contributed by atoms with Gasteiger partial charge in [0.05, 0.1) is 31.4 Å². The highest BCUT2D eigenvalue weighted by molar-refractivity contribution is 5.87. The van der Waals surface area contributed by atoms with Crippen LogP contribution >= 0.6 is 0 Å². The van der Waals surface area contributed by atoms with Crippen LogP contribution in [0.5, 0.6) is 11.5 Å². The minimum Gasteiger partial charge on any atom is -0.493 e. The van der Waals surface area contributed by atoms with E-state index in [1.54, 1.807) is 13.0 Å². The van der Waals surface area contributed by atoms with Gasteiger partial charge in [-0.2, -0.15) is 0 Å². The monoisotopic (exact) mass is 446 g/mol. The molecule has 9 heteroatoms. The Balaban J connectivity index is 2.00. The summed E-state index contributed by atoms with van der Waals surface area (Å²) in [5.74, 6) is 0.779. The molecule has 1 aromatic heterocycles. The number of benzene rings is 1. The zero-order chi connectivity index (χ0) is 23.8. The summed E-state index contributed by atoms with van der Waals surface area (Å²) in [4.78, 5) is 41.9. The zero-order valence-electron chi connectivity index (χ0n) is 19.7. The molecule has 2 rings (SSSR count). The molecule has 0 fully saturated rings. The Morgan fingerprint density at radius 3 is 2.31 bits per heavy atom. The van der Waals surface area contributed by atoms with Crippen LogP contribution in [0.4, 0.5) is 0 Å². The van der Waals surface area contributed by atoms with Crippen LogP contribution < -0.4 is 25.7 Å². The van der Waals surface area contributed by atoms with Gasteiger partial charge in [0.1, 0.15) is 12.6 Å². The lowest BCUT2D eigenvalue weighted by Gasteiger charge is -2.19. The Morgan fingerprint density at radius 1 is 1.03 bits per heavy atom. The predicted molar refractivity (Wildman–Crippen MR) is 123 cm³/mol. The second-order valence-electron chi connectivity index (χ2n) is 8.43. The summed E-state index contributed by atoms with van der Waals surface area (Å²) in [5.41, 5.74) is 0.0468. The number of hydrogen-bond acceptors (Lipinski definition) is 6. The van der Waals surface area contributed by atoms with Crippen molar-refractivity contribution in [3.05, 3.63) is 28.8 Å². The molecule has 0 bridgehead atoms. The van der Waals surface area contributed by atoms with Crippen LogP contribution in [0.3, 0.4) is 0 Å². The van der Waals surface area contributed by atoms with Crippen LogP contribution in [-0.2, 0) is 16.1 Å². The lowest BCUT2D eigenvalue weighted by atomic mass is 10.0. The van der Waals surface area contributed by atoms with Gasteiger partial charge in [0.2, 0.25) is 11.8 Å². The van der Waals surface area contributed by atoms with E-state index in [0.29, 0.717) is 28.3 Å². The summed E-state index contributed by atoms with van der Waals surface area (Å²) in [7, 11) is 2.97. The molecule has 2 N–H and O–H groups in total. The molecule has 176 valence electrons. The number of hydrogen-bond donors (Lipinski definition) is 2. The second kappa shape index (κ2) is 11.5. The van der Waals surface area contributed by atoms with Crippen LogP contribution in [0, 0.1) is 5.92 Å². The van der Waals surface area contributed by atoms with E-state index in [1.165, 1.54) is 31.2 Å². The van der Waals surface area contributed by atoms with E-state index in [-0.39, 0.29) is 24.1 Å². The van der Waals surface area contributed by atoms with Crippen LogP contribution in [0.25, 0.3) is 10.9 Å². The fourth-order valence-electron chi connectivity index (χ4n) is 3.38. The van der Waals surface area contributed by atoms with Crippen molar-refractivity contribution >= 4 is 22.7 Å². The number of amides is 2. The predicted octanol–water partition coefficient (Wildman–Crippen LogP) is 2.25. The fourth-order valence-corrected chi connectivity index (χ4v) is 3.38. The summed E-state index contributed by atoms with van der Waals surface area (Å²) in [6.45, 7) is 7.66. The maximum Gasteiger partial charge on any atom is 0.261 e. The highest BCUT2D eigenvalue weighted by Gasteiger charge is 2.19. The van der Waals surface area contributed by atoms with Crippen LogP contribution in [0.2, 0.25) is 0 Å². The summed E-state index contributed by atoms with van der Waals surface area (Å²) in [6, 6.07) is 2.45. The lowest BCUT2D eigenvalue weighted by molar-refractivity contribution is -0.129. The quantitative estimate of drug-likeness (QED) is 0.548. The van der Waals surface area contributed by atoms with Gasteiger partial charge in [-0.25, -0.2) is 4.98 Å². The van der Waals surface area contributed by atoms with Crippen LogP contribution in [0.15, 0.2) is 23.3 Å². The molecule has 1 heterocycles. The number of nitrogens with one attached hydrogen (secondary N) is 2. The van der Waals surface area contributed by atoms with Gasteiger partial charge in [0.25, 0.3) is 5.56 Å². The molecule has 0 saturated carbocycles. The molecular formula is C23H34N4O5. The Labute approximate surface area is 188 Å². The van der Waals surface area contributed by atoms with Crippen molar-refractivity contribution in [2.24, 2.45) is 5.92 Å². The van der Waals surface area contributed by atoms with Gasteiger partial charge in [0, 0.05) is 12.1 Å². The van der Waals surface area contributed by atoms with E-state index in [1.807, 2.05) is 6.92 Å². The van der Waals surface area contributed by atoms with Crippen molar-refractivity contribution in [1.82, 2.24) is 20.2 Å². The molecule has 1 unspecified atom stereocenters. The van der Waals surface area contributed by atoms with E-state index < -0.39 is 11.9 Å². The number of nitrogens with zero attached hydrogens (tertiary/aromatic N) is 2. The number of ether oxygens (including phenoxy) is 2. The average Bonchev–Trinajstić information content (AvgIpc) is 2.74. The smallest absolute Gasteiger partial charge is 0.261 e. The molecular weight excluding hydrogens is 412 g/mol. The molecule has 2 atom stereocenters. The second-order valence-corrected chi connectivity index (χ2v) is 8.43. The molecule has 0 saturated heterocycles. The summed E-state index contributed by atoms with van der Waals surface area (Å²) in [5, 5.41) is 5.87. The lowest BCUT2D eigenvalue weighted by Crippen LogP contribution is -2.48. The number of fused-ring (bicyclic) bond motifs is 1. The molecule has 0 radical (unpaired) electrons. The fraction of sp³-hybridized carbons (Fsp3) is 0.565. The molecule has 0 aliphatic carbocycles. The first-order valence-corrected chi connectivity index (χ1v) is 10.9. The van der Waals surface area contributed by atoms with Crippen molar-refractivity contribution < 1.29 is 19.1 Å². The number of methoxy groups -OCH3 is 2. The summed E-state index contributed by atoms with van der Waals surface area (Å²) < 4.78 is 11.7. The van der Waals surface area contributed by atoms with Gasteiger partial charge in [-0.3, -0.25) is 19.0 Å². The summed E-state index contributed by atoms with van der Waals surface area (Å²) >= 11 is 0. The van der Waals surface area contributed by atoms with Crippen LogP contribution in [0.1, 0.15) is 47.0 Å². The van der Waals surface area contributed by atoms with Crippen LogP contribution in [-0.4, -0.2) is 47.7 Å². The first kappa shape index (κ1) is 25.2.